The average molecular weight is 416 g/mol. The smallest absolute Gasteiger partial charge is 0.258 e. The molecule has 3 heterocycles. The quantitative estimate of drug-likeness (QED) is 0.540. The van der Waals surface area contributed by atoms with Gasteiger partial charge in [0.15, 0.2) is 5.82 Å². The number of hydrogen-bond acceptors (Lipinski definition) is 4. The minimum absolute atomic E-state index is 0.320. The van der Waals surface area contributed by atoms with Gasteiger partial charge in [0.2, 0.25) is 0 Å². The Morgan fingerprint density at radius 3 is 2.77 bits per heavy atom. The van der Waals surface area contributed by atoms with Gasteiger partial charge in [0.05, 0.1) is 23.0 Å². The molecular formula is C23H21FN6O. The Morgan fingerprint density at radius 2 is 1.90 bits per heavy atom. The maximum atomic E-state index is 14.6. The molecule has 5 rings (SSSR count). The summed E-state index contributed by atoms with van der Waals surface area (Å²) < 4.78 is 18.3. The topological polar surface area (TPSA) is 77.6 Å². The number of carbonyl (C=O) groups excluding carboxylic acids is 1. The largest absolute Gasteiger partial charge is 0.322 e. The number of aromatic nitrogens is 5. The number of hydrogen-bond donors (Lipinski definition) is 1. The highest BCUT2D eigenvalue weighted by atomic mass is 19.1. The van der Waals surface area contributed by atoms with Crippen LogP contribution in [-0.2, 0) is 13.0 Å². The van der Waals surface area contributed by atoms with Crippen molar-refractivity contribution in [3.63, 3.8) is 0 Å². The number of carbonyl (C=O) groups is 1. The molecule has 7 nitrogen and oxygen atoms in total. The first kappa shape index (κ1) is 19.2. The summed E-state index contributed by atoms with van der Waals surface area (Å²) in [6, 6.07) is 14.0. The van der Waals surface area contributed by atoms with E-state index < -0.39 is 5.82 Å². The maximum absolute atomic E-state index is 14.6. The van der Waals surface area contributed by atoms with Crippen LogP contribution in [0.4, 0.5) is 10.1 Å². The fourth-order valence-corrected chi connectivity index (χ4v) is 3.82. The number of aryl methyl sites for hydroxylation is 1. The van der Waals surface area contributed by atoms with Crippen LogP contribution >= 0.6 is 0 Å². The van der Waals surface area contributed by atoms with Crippen molar-refractivity contribution < 1.29 is 9.18 Å². The second kappa shape index (κ2) is 8.14. The van der Waals surface area contributed by atoms with E-state index in [0.29, 0.717) is 22.6 Å². The van der Waals surface area contributed by atoms with E-state index >= 15 is 0 Å². The van der Waals surface area contributed by atoms with Gasteiger partial charge in [0, 0.05) is 24.8 Å². The van der Waals surface area contributed by atoms with E-state index in [9.17, 15) is 9.18 Å². The van der Waals surface area contributed by atoms with Crippen molar-refractivity contribution in [1.82, 2.24) is 24.5 Å². The Balaban J connectivity index is 1.40. The molecule has 0 aliphatic carbocycles. The van der Waals surface area contributed by atoms with E-state index in [1.54, 1.807) is 16.9 Å². The van der Waals surface area contributed by atoms with Crippen molar-refractivity contribution in [2.75, 3.05) is 5.32 Å². The van der Waals surface area contributed by atoms with E-state index in [1.807, 2.05) is 34.9 Å². The summed E-state index contributed by atoms with van der Waals surface area (Å²) in [5.41, 5.74) is 2.09. The van der Waals surface area contributed by atoms with Gasteiger partial charge in [0.25, 0.3) is 5.91 Å². The summed E-state index contributed by atoms with van der Waals surface area (Å²) in [7, 11) is 0. The van der Waals surface area contributed by atoms with Crippen molar-refractivity contribution in [2.24, 2.45) is 0 Å². The summed E-state index contributed by atoms with van der Waals surface area (Å²) in [5, 5.41) is 15.6. The molecular weight excluding hydrogens is 395 g/mol. The van der Waals surface area contributed by atoms with Gasteiger partial charge in [-0.25, -0.2) is 9.07 Å². The van der Waals surface area contributed by atoms with Crippen molar-refractivity contribution in [3.8, 4) is 17.1 Å². The minimum Gasteiger partial charge on any atom is -0.322 e. The van der Waals surface area contributed by atoms with Crippen LogP contribution < -0.4 is 5.32 Å². The van der Waals surface area contributed by atoms with Gasteiger partial charge in [-0.15, -0.1) is 10.2 Å². The van der Waals surface area contributed by atoms with Gasteiger partial charge in [-0.1, -0.05) is 24.6 Å². The van der Waals surface area contributed by atoms with E-state index in [4.69, 9.17) is 0 Å². The number of halogens is 1. The third-order valence-electron chi connectivity index (χ3n) is 5.44. The minimum atomic E-state index is -0.394. The van der Waals surface area contributed by atoms with Gasteiger partial charge in [-0.2, -0.15) is 5.10 Å². The monoisotopic (exact) mass is 416 g/mol. The van der Waals surface area contributed by atoms with Crippen molar-refractivity contribution >= 4 is 11.6 Å². The number of nitrogens with zero attached hydrogens (tertiary/aromatic N) is 5. The molecule has 1 aliphatic rings. The van der Waals surface area contributed by atoms with Crippen molar-refractivity contribution in [3.05, 3.63) is 78.1 Å². The Hall–Kier alpha value is -3.81. The van der Waals surface area contributed by atoms with Crippen LogP contribution in [0.25, 0.3) is 17.1 Å². The molecule has 4 aromatic rings. The van der Waals surface area contributed by atoms with Crippen LogP contribution in [-0.4, -0.2) is 30.5 Å². The first-order valence-corrected chi connectivity index (χ1v) is 10.3. The third-order valence-corrected chi connectivity index (χ3v) is 5.44. The number of rotatable bonds is 4. The molecule has 1 amide bonds. The SMILES string of the molecule is O=C(Nc1ccc(F)c(-c2nnc3n2CCCCC3)c1)c1cnn(-c2ccccc2)c1. The van der Waals surface area contributed by atoms with E-state index in [-0.39, 0.29) is 5.91 Å². The van der Waals surface area contributed by atoms with E-state index in [2.05, 4.69) is 20.6 Å². The number of nitrogens with one attached hydrogen (secondary N) is 1. The fourth-order valence-electron chi connectivity index (χ4n) is 3.82. The molecule has 0 bridgehead atoms. The molecule has 1 N–H and O–H groups in total. The highest BCUT2D eigenvalue weighted by Crippen LogP contribution is 2.27. The lowest BCUT2D eigenvalue weighted by Crippen LogP contribution is -2.11. The highest BCUT2D eigenvalue weighted by Gasteiger charge is 2.19. The van der Waals surface area contributed by atoms with Crippen LogP contribution in [0.2, 0.25) is 0 Å². The van der Waals surface area contributed by atoms with Crippen LogP contribution in [0.1, 0.15) is 35.4 Å². The first-order valence-electron chi connectivity index (χ1n) is 10.3. The summed E-state index contributed by atoms with van der Waals surface area (Å²) in [4.78, 5) is 12.7. The van der Waals surface area contributed by atoms with Gasteiger partial charge in [0.1, 0.15) is 11.6 Å². The molecule has 0 atom stereocenters. The maximum Gasteiger partial charge on any atom is 0.258 e. The molecule has 0 saturated heterocycles. The summed E-state index contributed by atoms with van der Waals surface area (Å²) in [6.07, 6.45) is 7.21. The number of anilines is 1. The summed E-state index contributed by atoms with van der Waals surface area (Å²) >= 11 is 0. The fraction of sp³-hybridized carbons (Fsp3) is 0.217. The van der Waals surface area contributed by atoms with E-state index in [1.165, 1.54) is 18.3 Å². The molecule has 0 unspecified atom stereocenters. The Kier molecular flexibility index (Phi) is 5.03. The number of amides is 1. The molecule has 2 aromatic carbocycles. The molecule has 0 saturated carbocycles. The van der Waals surface area contributed by atoms with Gasteiger partial charge < -0.3 is 9.88 Å². The second-order valence-corrected chi connectivity index (χ2v) is 7.56. The number of para-hydroxylation sites is 1. The molecule has 8 heteroatoms. The van der Waals surface area contributed by atoms with Crippen molar-refractivity contribution in [1.29, 1.82) is 0 Å². The van der Waals surface area contributed by atoms with Crippen molar-refractivity contribution in [2.45, 2.75) is 32.2 Å². The zero-order valence-corrected chi connectivity index (χ0v) is 16.8. The third kappa shape index (κ3) is 3.84. The molecule has 0 fully saturated rings. The lowest BCUT2D eigenvalue weighted by Gasteiger charge is -2.10. The Morgan fingerprint density at radius 1 is 1.03 bits per heavy atom. The van der Waals surface area contributed by atoms with Gasteiger partial charge in [-0.3, -0.25) is 4.79 Å². The summed E-state index contributed by atoms with van der Waals surface area (Å²) in [6.45, 7) is 0.770. The van der Waals surface area contributed by atoms with Crippen LogP contribution in [0.5, 0.6) is 0 Å². The first-order chi connectivity index (χ1) is 15.2. The Labute approximate surface area is 178 Å². The lowest BCUT2D eigenvalue weighted by atomic mass is 10.1. The molecule has 1 aliphatic heterocycles. The molecule has 0 radical (unpaired) electrons. The van der Waals surface area contributed by atoms with Crippen LogP contribution in [0.3, 0.4) is 0 Å². The molecule has 0 spiro atoms. The summed E-state index contributed by atoms with van der Waals surface area (Å²) in [5.74, 6) is 0.672. The number of fused-ring (bicyclic) bond motifs is 1. The standard InChI is InChI=1S/C23H21FN6O/c24-20-11-10-17(13-19(20)22-28-27-21-9-5-2-6-12-29(21)22)26-23(31)16-14-25-30(15-16)18-7-3-1-4-8-18/h1,3-4,7-8,10-11,13-15H,2,5-6,9,12H2,(H,26,31). The predicted octanol–water partition coefficient (Wildman–Crippen LogP) is 4.25. The Bertz CT molecular complexity index is 1230. The molecule has 156 valence electrons. The van der Waals surface area contributed by atoms with Crippen LogP contribution in [0.15, 0.2) is 60.9 Å². The van der Waals surface area contributed by atoms with Crippen LogP contribution in [0, 0.1) is 5.82 Å². The highest BCUT2D eigenvalue weighted by molar-refractivity contribution is 6.04. The predicted molar refractivity (Wildman–Crippen MR) is 114 cm³/mol. The zero-order valence-electron chi connectivity index (χ0n) is 16.8. The molecule has 2 aromatic heterocycles. The average Bonchev–Trinajstić information content (AvgIpc) is 3.38. The normalized spacial score (nSPS) is 13.5. The van der Waals surface area contributed by atoms with Gasteiger partial charge in [-0.05, 0) is 43.2 Å². The zero-order chi connectivity index (χ0) is 21.2. The lowest BCUT2D eigenvalue weighted by molar-refractivity contribution is 0.102. The molecule has 31 heavy (non-hydrogen) atoms. The van der Waals surface area contributed by atoms with Gasteiger partial charge >= 0.3 is 0 Å². The number of benzene rings is 2. The van der Waals surface area contributed by atoms with E-state index in [0.717, 1.165) is 43.7 Å². The second-order valence-electron chi connectivity index (χ2n) is 7.56.